The molecule has 0 saturated carbocycles. The van der Waals surface area contributed by atoms with Crippen LogP contribution in [0.5, 0.6) is 0 Å². The fourth-order valence-electron chi connectivity index (χ4n) is 4.24. The predicted octanol–water partition coefficient (Wildman–Crippen LogP) is 7.23. The molecule has 3 aromatic carbocycles. The second-order valence-corrected chi connectivity index (χ2v) is 7.61. The molecule has 142 valence electrons. The number of aryl methyl sites for hydroxylation is 1. The summed E-state index contributed by atoms with van der Waals surface area (Å²) in [5, 5.41) is 1.29. The summed E-state index contributed by atoms with van der Waals surface area (Å²) in [6.07, 6.45) is 1.71. The molecule has 0 unspecified atom stereocenters. The van der Waals surface area contributed by atoms with Gasteiger partial charge in [0.1, 0.15) is 5.76 Å². The van der Waals surface area contributed by atoms with Gasteiger partial charge in [-0.15, -0.1) is 0 Å². The maximum Gasteiger partial charge on any atom is 0.133 e. The van der Waals surface area contributed by atoms with Gasteiger partial charge in [0, 0.05) is 34.3 Å². The van der Waals surface area contributed by atoms with Gasteiger partial charge in [-0.25, -0.2) is 0 Å². The standard InChI is InChI=1S/C27H23NO/c1-19-7-5-8-21(17-19)18-28-20(2)27(24-9-3-4-10-25(24)28)23-14-12-22(13-15-23)26-11-6-16-29-26/h3-17H,18H2,1-2H3. The van der Waals surface area contributed by atoms with E-state index in [0.29, 0.717) is 0 Å². The van der Waals surface area contributed by atoms with Crippen molar-refractivity contribution in [1.29, 1.82) is 0 Å². The Bertz CT molecular complexity index is 1270. The molecule has 0 bridgehead atoms. The molecule has 0 aliphatic rings. The van der Waals surface area contributed by atoms with Crippen LogP contribution in [0.25, 0.3) is 33.4 Å². The van der Waals surface area contributed by atoms with E-state index in [0.717, 1.165) is 17.9 Å². The van der Waals surface area contributed by atoms with Crippen LogP contribution in [-0.4, -0.2) is 4.57 Å². The summed E-state index contributed by atoms with van der Waals surface area (Å²) in [5.41, 5.74) is 8.82. The third-order valence-electron chi connectivity index (χ3n) is 5.63. The van der Waals surface area contributed by atoms with Gasteiger partial charge in [0.05, 0.1) is 6.26 Å². The molecule has 5 rings (SSSR count). The first kappa shape index (κ1) is 17.6. The summed E-state index contributed by atoms with van der Waals surface area (Å²) in [5.74, 6) is 0.898. The van der Waals surface area contributed by atoms with Crippen LogP contribution in [0.3, 0.4) is 0 Å². The minimum absolute atomic E-state index is 0.874. The molecule has 0 aliphatic heterocycles. The first-order valence-electron chi connectivity index (χ1n) is 9.98. The zero-order chi connectivity index (χ0) is 19.8. The van der Waals surface area contributed by atoms with Gasteiger partial charge in [0.2, 0.25) is 0 Å². The van der Waals surface area contributed by atoms with Crippen LogP contribution in [0.2, 0.25) is 0 Å². The number of fused-ring (bicyclic) bond motifs is 1. The normalized spacial score (nSPS) is 11.2. The number of furan rings is 1. The zero-order valence-electron chi connectivity index (χ0n) is 16.7. The van der Waals surface area contributed by atoms with Crippen LogP contribution >= 0.6 is 0 Å². The van der Waals surface area contributed by atoms with Crippen molar-refractivity contribution >= 4 is 10.9 Å². The van der Waals surface area contributed by atoms with Crippen molar-refractivity contribution in [3.8, 4) is 22.5 Å². The third-order valence-corrected chi connectivity index (χ3v) is 5.63. The number of aromatic nitrogens is 1. The van der Waals surface area contributed by atoms with Crippen LogP contribution in [-0.2, 0) is 6.54 Å². The number of hydrogen-bond donors (Lipinski definition) is 0. The Hall–Kier alpha value is -3.52. The molecule has 5 aromatic rings. The first-order valence-corrected chi connectivity index (χ1v) is 9.98. The van der Waals surface area contributed by atoms with E-state index < -0.39 is 0 Å². The average Bonchev–Trinajstić information content (AvgIpc) is 3.36. The molecule has 0 atom stereocenters. The van der Waals surface area contributed by atoms with E-state index in [1.165, 1.54) is 38.9 Å². The van der Waals surface area contributed by atoms with Crippen LogP contribution in [0, 0.1) is 13.8 Å². The highest BCUT2D eigenvalue weighted by molar-refractivity contribution is 5.98. The maximum atomic E-state index is 5.54. The third kappa shape index (κ3) is 3.17. The van der Waals surface area contributed by atoms with E-state index in [2.05, 4.69) is 91.2 Å². The number of nitrogens with zero attached hydrogens (tertiary/aromatic N) is 1. The van der Waals surface area contributed by atoms with Gasteiger partial charge in [0.15, 0.2) is 0 Å². The number of benzene rings is 3. The number of rotatable bonds is 4. The lowest BCUT2D eigenvalue weighted by molar-refractivity contribution is 0.582. The van der Waals surface area contributed by atoms with Crippen LogP contribution in [0.1, 0.15) is 16.8 Å². The minimum Gasteiger partial charge on any atom is -0.464 e. The molecule has 2 aromatic heterocycles. The van der Waals surface area contributed by atoms with Crippen molar-refractivity contribution in [3.63, 3.8) is 0 Å². The highest BCUT2D eigenvalue weighted by atomic mass is 16.3. The molecule has 2 nitrogen and oxygen atoms in total. The lowest BCUT2D eigenvalue weighted by atomic mass is 10.0. The van der Waals surface area contributed by atoms with Gasteiger partial charge in [-0.2, -0.15) is 0 Å². The van der Waals surface area contributed by atoms with Gasteiger partial charge in [-0.1, -0.05) is 72.3 Å². The quantitative estimate of drug-likeness (QED) is 0.323. The summed E-state index contributed by atoms with van der Waals surface area (Å²) >= 11 is 0. The first-order chi connectivity index (χ1) is 14.2. The Morgan fingerprint density at radius 2 is 1.55 bits per heavy atom. The second-order valence-electron chi connectivity index (χ2n) is 7.61. The van der Waals surface area contributed by atoms with Gasteiger partial charge in [-0.3, -0.25) is 0 Å². The molecule has 2 heterocycles. The SMILES string of the molecule is Cc1cccc(Cn2c(C)c(-c3ccc(-c4ccco4)cc3)c3ccccc32)c1. The van der Waals surface area contributed by atoms with Crippen molar-refractivity contribution in [3.05, 3.63) is 108 Å². The average molecular weight is 377 g/mol. The smallest absolute Gasteiger partial charge is 0.133 e. The van der Waals surface area contributed by atoms with E-state index in [1.807, 2.05) is 12.1 Å². The Kier molecular flexibility index (Phi) is 4.33. The Morgan fingerprint density at radius 1 is 0.759 bits per heavy atom. The topological polar surface area (TPSA) is 18.1 Å². The van der Waals surface area contributed by atoms with E-state index in [4.69, 9.17) is 4.42 Å². The van der Waals surface area contributed by atoms with E-state index >= 15 is 0 Å². The highest BCUT2D eigenvalue weighted by Crippen LogP contribution is 2.36. The fourth-order valence-corrected chi connectivity index (χ4v) is 4.24. The molecule has 0 fully saturated rings. The molecule has 0 aliphatic carbocycles. The molecule has 0 spiro atoms. The second kappa shape index (κ2) is 7.14. The van der Waals surface area contributed by atoms with Gasteiger partial charge < -0.3 is 8.98 Å². The largest absolute Gasteiger partial charge is 0.464 e. The summed E-state index contributed by atoms with van der Waals surface area (Å²) in [6, 6.07) is 30.1. The lowest BCUT2D eigenvalue weighted by Crippen LogP contribution is -2.02. The molecule has 29 heavy (non-hydrogen) atoms. The predicted molar refractivity (Wildman–Crippen MR) is 120 cm³/mol. The molecule has 0 N–H and O–H groups in total. The van der Waals surface area contributed by atoms with Gasteiger partial charge in [-0.05, 0) is 43.2 Å². The molecule has 2 heteroatoms. The monoisotopic (exact) mass is 377 g/mol. The van der Waals surface area contributed by atoms with Crippen molar-refractivity contribution in [1.82, 2.24) is 4.57 Å². The van der Waals surface area contributed by atoms with Crippen molar-refractivity contribution in [2.24, 2.45) is 0 Å². The maximum absolute atomic E-state index is 5.54. The van der Waals surface area contributed by atoms with Crippen molar-refractivity contribution in [2.45, 2.75) is 20.4 Å². The molecule has 0 amide bonds. The van der Waals surface area contributed by atoms with Crippen LogP contribution < -0.4 is 0 Å². The lowest BCUT2D eigenvalue weighted by Gasteiger charge is -2.10. The fraction of sp³-hybridized carbons (Fsp3) is 0.111. The van der Waals surface area contributed by atoms with Crippen LogP contribution in [0.15, 0.2) is 95.6 Å². The van der Waals surface area contributed by atoms with E-state index in [9.17, 15) is 0 Å². The number of hydrogen-bond acceptors (Lipinski definition) is 1. The van der Waals surface area contributed by atoms with Crippen molar-refractivity contribution < 1.29 is 4.42 Å². The molecule has 0 radical (unpaired) electrons. The summed E-state index contributed by atoms with van der Waals surface area (Å²) in [7, 11) is 0. The van der Waals surface area contributed by atoms with E-state index in [1.54, 1.807) is 6.26 Å². The summed E-state index contributed by atoms with van der Waals surface area (Å²) in [6.45, 7) is 5.25. The highest BCUT2D eigenvalue weighted by Gasteiger charge is 2.16. The van der Waals surface area contributed by atoms with E-state index in [-0.39, 0.29) is 0 Å². The van der Waals surface area contributed by atoms with Gasteiger partial charge >= 0.3 is 0 Å². The Morgan fingerprint density at radius 3 is 2.31 bits per heavy atom. The van der Waals surface area contributed by atoms with Crippen LogP contribution in [0.4, 0.5) is 0 Å². The molecule has 0 saturated heterocycles. The zero-order valence-corrected chi connectivity index (χ0v) is 16.7. The Labute approximate surface area is 171 Å². The Balaban J connectivity index is 1.62. The number of para-hydroxylation sites is 1. The minimum atomic E-state index is 0.874. The molecular weight excluding hydrogens is 354 g/mol. The molecular formula is C27H23NO. The van der Waals surface area contributed by atoms with Crippen molar-refractivity contribution in [2.75, 3.05) is 0 Å². The van der Waals surface area contributed by atoms with Gasteiger partial charge in [0.25, 0.3) is 0 Å². The summed E-state index contributed by atoms with van der Waals surface area (Å²) < 4.78 is 7.97. The summed E-state index contributed by atoms with van der Waals surface area (Å²) in [4.78, 5) is 0.